The van der Waals surface area contributed by atoms with Crippen LogP contribution in [0.3, 0.4) is 0 Å². The Morgan fingerprint density at radius 3 is 3.33 bits per heavy atom. The van der Waals surface area contributed by atoms with Crippen molar-refractivity contribution in [3.8, 4) is 6.07 Å². The molecular formula is C10H12N2. The molecule has 1 N–H and O–H groups in total. The molecule has 2 aliphatic rings. The average molecular weight is 160 g/mol. The molecule has 1 fully saturated rings. The summed E-state index contributed by atoms with van der Waals surface area (Å²) in [4.78, 5) is 0. The Labute approximate surface area is 72.6 Å². The monoisotopic (exact) mass is 160 g/mol. The first-order valence-electron chi connectivity index (χ1n) is 4.41. The van der Waals surface area contributed by atoms with Crippen LogP contribution in [0.25, 0.3) is 0 Å². The summed E-state index contributed by atoms with van der Waals surface area (Å²) in [5.74, 6) is 0.711. The highest BCUT2D eigenvalue weighted by Crippen LogP contribution is 2.27. The van der Waals surface area contributed by atoms with Gasteiger partial charge in [-0.2, -0.15) is 5.26 Å². The van der Waals surface area contributed by atoms with Crippen molar-refractivity contribution < 1.29 is 0 Å². The average Bonchev–Trinajstić information content (AvgIpc) is 2.17. The Morgan fingerprint density at radius 1 is 1.58 bits per heavy atom. The zero-order valence-corrected chi connectivity index (χ0v) is 7.01. The van der Waals surface area contributed by atoms with Gasteiger partial charge in [0.2, 0.25) is 0 Å². The van der Waals surface area contributed by atoms with Crippen molar-refractivity contribution in [2.75, 3.05) is 13.1 Å². The van der Waals surface area contributed by atoms with E-state index in [1.165, 1.54) is 12.0 Å². The fourth-order valence-electron chi connectivity index (χ4n) is 1.88. The molecule has 0 bridgehead atoms. The Morgan fingerprint density at radius 2 is 2.50 bits per heavy atom. The highest BCUT2D eigenvalue weighted by atomic mass is 14.9. The third-order valence-corrected chi connectivity index (χ3v) is 2.62. The Kier molecular flexibility index (Phi) is 1.97. The van der Waals surface area contributed by atoms with Crippen molar-refractivity contribution in [1.82, 2.24) is 5.32 Å². The molecule has 1 heterocycles. The first-order chi connectivity index (χ1) is 5.90. The lowest BCUT2D eigenvalue weighted by Crippen LogP contribution is -2.31. The van der Waals surface area contributed by atoms with Gasteiger partial charge in [0.05, 0.1) is 6.07 Å². The summed E-state index contributed by atoms with van der Waals surface area (Å²) < 4.78 is 0. The molecule has 2 rings (SSSR count). The maximum Gasteiger partial charge on any atom is 0.0988 e. The standard InChI is InChI=1S/C10H12N2/c11-6-8-1-2-9-3-4-12-7-10(9)5-8/h1,5,9,12H,2-4,7H2. The van der Waals surface area contributed by atoms with Gasteiger partial charge < -0.3 is 5.32 Å². The lowest BCUT2D eigenvalue weighted by Gasteiger charge is -2.27. The van der Waals surface area contributed by atoms with E-state index in [4.69, 9.17) is 5.26 Å². The SMILES string of the molecule is N#CC1=CCC2CCNCC2=C1. The maximum absolute atomic E-state index is 8.70. The second kappa shape index (κ2) is 3.12. The minimum atomic E-state index is 0.711. The molecular weight excluding hydrogens is 148 g/mol. The van der Waals surface area contributed by atoms with Crippen molar-refractivity contribution in [3.05, 3.63) is 23.3 Å². The third kappa shape index (κ3) is 1.28. The molecule has 1 atom stereocenters. The van der Waals surface area contributed by atoms with Crippen LogP contribution in [-0.2, 0) is 0 Å². The molecule has 0 aromatic rings. The number of rotatable bonds is 0. The number of nitrogens with zero attached hydrogens (tertiary/aromatic N) is 1. The second-order valence-corrected chi connectivity index (χ2v) is 3.39. The van der Waals surface area contributed by atoms with Crippen LogP contribution in [-0.4, -0.2) is 13.1 Å². The molecule has 2 nitrogen and oxygen atoms in total. The maximum atomic E-state index is 8.70. The number of nitrogens with one attached hydrogen (secondary N) is 1. The van der Waals surface area contributed by atoms with Gasteiger partial charge in [0, 0.05) is 12.1 Å². The van der Waals surface area contributed by atoms with E-state index in [1.807, 2.05) is 6.08 Å². The van der Waals surface area contributed by atoms with Crippen molar-refractivity contribution in [1.29, 1.82) is 5.26 Å². The number of allylic oxidation sites excluding steroid dienone is 3. The van der Waals surface area contributed by atoms with Gasteiger partial charge >= 0.3 is 0 Å². The van der Waals surface area contributed by atoms with Crippen LogP contribution in [0.4, 0.5) is 0 Å². The van der Waals surface area contributed by atoms with Gasteiger partial charge in [-0.1, -0.05) is 11.6 Å². The number of fused-ring (bicyclic) bond motifs is 1. The zero-order chi connectivity index (χ0) is 8.39. The Balaban J connectivity index is 2.19. The van der Waals surface area contributed by atoms with Gasteiger partial charge in [-0.3, -0.25) is 0 Å². The normalized spacial score (nSPS) is 28.1. The topological polar surface area (TPSA) is 35.8 Å². The molecule has 0 aromatic heterocycles. The largest absolute Gasteiger partial charge is 0.313 e. The number of hydrogen-bond acceptors (Lipinski definition) is 2. The van der Waals surface area contributed by atoms with Crippen LogP contribution in [0, 0.1) is 17.2 Å². The summed E-state index contributed by atoms with van der Waals surface area (Å²) in [6.07, 6.45) is 6.39. The van der Waals surface area contributed by atoms with E-state index in [1.54, 1.807) is 0 Å². The Bertz CT molecular complexity index is 281. The Hall–Kier alpha value is -1.07. The molecule has 1 saturated heterocycles. The first-order valence-corrected chi connectivity index (χ1v) is 4.41. The predicted molar refractivity (Wildman–Crippen MR) is 47.4 cm³/mol. The number of hydrogen-bond donors (Lipinski definition) is 1. The minimum Gasteiger partial charge on any atom is -0.313 e. The molecule has 0 radical (unpaired) electrons. The third-order valence-electron chi connectivity index (χ3n) is 2.62. The minimum absolute atomic E-state index is 0.711. The summed E-state index contributed by atoms with van der Waals surface area (Å²) in [6, 6.07) is 2.19. The van der Waals surface area contributed by atoms with E-state index in [0.717, 1.165) is 25.1 Å². The van der Waals surface area contributed by atoms with Crippen LogP contribution in [0.2, 0.25) is 0 Å². The van der Waals surface area contributed by atoms with Crippen LogP contribution in [0.5, 0.6) is 0 Å². The molecule has 62 valence electrons. The van der Waals surface area contributed by atoms with Crippen molar-refractivity contribution in [3.63, 3.8) is 0 Å². The molecule has 1 aliphatic heterocycles. The summed E-state index contributed by atoms with van der Waals surface area (Å²) in [5.41, 5.74) is 2.25. The van der Waals surface area contributed by atoms with Crippen molar-refractivity contribution in [2.24, 2.45) is 5.92 Å². The summed E-state index contributed by atoms with van der Waals surface area (Å²) in [6.45, 7) is 2.10. The lowest BCUT2D eigenvalue weighted by molar-refractivity contribution is 0.466. The molecule has 0 spiro atoms. The van der Waals surface area contributed by atoms with Crippen molar-refractivity contribution in [2.45, 2.75) is 12.8 Å². The van der Waals surface area contributed by atoms with Gasteiger partial charge in [-0.15, -0.1) is 0 Å². The smallest absolute Gasteiger partial charge is 0.0988 e. The summed E-state index contributed by atoms with van der Waals surface area (Å²) >= 11 is 0. The molecule has 1 aliphatic carbocycles. The van der Waals surface area contributed by atoms with E-state index in [2.05, 4.69) is 17.5 Å². The lowest BCUT2D eigenvalue weighted by atomic mass is 9.84. The molecule has 0 amide bonds. The van der Waals surface area contributed by atoms with Crippen LogP contribution in [0.1, 0.15) is 12.8 Å². The van der Waals surface area contributed by atoms with Crippen LogP contribution >= 0.6 is 0 Å². The predicted octanol–water partition coefficient (Wildman–Crippen LogP) is 1.38. The molecule has 2 heteroatoms. The van der Waals surface area contributed by atoms with E-state index >= 15 is 0 Å². The quantitative estimate of drug-likeness (QED) is 0.581. The molecule has 0 saturated carbocycles. The number of nitriles is 1. The van der Waals surface area contributed by atoms with E-state index < -0.39 is 0 Å². The fraction of sp³-hybridized carbons (Fsp3) is 0.500. The highest BCUT2D eigenvalue weighted by Gasteiger charge is 2.20. The first kappa shape index (κ1) is 7.57. The van der Waals surface area contributed by atoms with Gasteiger partial charge in [0.25, 0.3) is 0 Å². The summed E-state index contributed by atoms with van der Waals surface area (Å²) in [5, 5.41) is 12.0. The van der Waals surface area contributed by atoms with Gasteiger partial charge in [0.1, 0.15) is 0 Å². The van der Waals surface area contributed by atoms with Gasteiger partial charge in [0.15, 0.2) is 0 Å². The fourth-order valence-corrected chi connectivity index (χ4v) is 1.88. The van der Waals surface area contributed by atoms with Gasteiger partial charge in [-0.25, -0.2) is 0 Å². The van der Waals surface area contributed by atoms with E-state index in [-0.39, 0.29) is 0 Å². The molecule has 12 heavy (non-hydrogen) atoms. The highest BCUT2D eigenvalue weighted by molar-refractivity contribution is 5.40. The van der Waals surface area contributed by atoms with Crippen LogP contribution < -0.4 is 5.32 Å². The van der Waals surface area contributed by atoms with Crippen LogP contribution in [0.15, 0.2) is 23.3 Å². The number of piperidine rings is 1. The molecule has 0 aromatic carbocycles. The van der Waals surface area contributed by atoms with Gasteiger partial charge in [-0.05, 0) is 31.4 Å². The second-order valence-electron chi connectivity index (χ2n) is 3.39. The van der Waals surface area contributed by atoms with E-state index in [9.17, 15) is 0 Å². The summed E-state index contributed by atoms with van der Waals surface area (Å²) in [7, 11) is 0. The van der Waals surface area contributed by atoms with Crippen molar-refractivity contribution >= 4 is 0 Å². The van der Waals surface area contributed by atoms with E-state index in [0.29, 0.717) is 5.92 Å². The zero-order valence-electron chi connectivity index (χ0n) is 7.01. The molecule has 1 unspecified atom stereocenters.